The summed E-state index contributed by atoms with van der Waals surface area (Å²) < 4.78 is 0. The highest BCUT2D eigenvalue weighted by Crippen LogP contribution is 2.49. The van der Waals surface area contributed by atoms with Crippen molar-refractivity contribution in [3.05, 3.63) is 28.2 Å². The van der Waals surface area contributed by atoms with Crippen LogP contribution in [-0.2, 0) is 4.79 Å². The van der Waals surface area contributed by atoms with Gasteiger partial charge in [-0.1, -0.05) is 23.2 Å². The van der Waals surface area contributed by atoms with Crippen LogP contribution in [0.4, 0.5) is 5.69 Å². The summed E-state index contributed by atoms with van der Waals surface area (Å²) in [6, 6.07) is 5.01. The van der Waals surface area contributed by atoms with Crippen LogP contribution in [0.3, 0.4) is 0 Å². The van der Waals surface area contributed by atoms with Crippen molar-refractivity contribution in [2.75, 3.05) is 11.1 Å². The monoisotopic (exact) mass is 289 g/mol. The first kappa shape index (κ1) is 13.1. The van der Waals surface area contributed by atoms with Crippen LogP contribution in [0.25, 0.3) is 0 Å². The Labute approximate surface area is 116 Å². The molecule has 1 aromatic rings. The molecule has 1 aromatic carbocycles. The van der Waals surface area contributed by atoms with Gasteiger partial charge in [0.2, 0.25) is 5.91 Å². The Balaban J connectivity index is 1.98. The fourth-order valence-electron chi connectivity index (χ4n) is 1.74. The minimum atomic E-state index is -0.00474. The van der Waals surface area contributed by atoms with Crippen molar-refractivity contribution >= 4 is 47.4 Å². The summed E-state index contributed by atoms with van der Waals surface area (Å²) in [6.45, 7) is 0. The van der Waals surface area contributed by atoms with Crippen LogP contribution in [0, 0.1) is 5.41 Å². The van der Waals surface area contributed by atoms with Gasteiger partial charge >= 0.3 is 0 Å². The molecule has 1 N–H and O–H groups in total. The first-order valence-corrected chi connectivity index (χ1v) is 6.79. The Morgan fingerprint density at radius 1 is 1.29 bits per heavy atom. The number of thiol groups is 1. The van der Waals surface area contributed by atoms with Crippen LogP contribution in [0.1, 0.15) is 19.3 Å². The molecule has 5 heteroatoms. The normalized spacial score (nSPS) is 16.6. The molecule has 0 saturated heterocycles. The molecule has 1 aliphatic carbocycles. The average Bonchev–Trinajstić information content (AvgIpc) is 2.96. The summed E-state index contributed by atoms with van der Waals surface area (Å²) >= 11 is 16.0. The Hall–Kier alpha value is -0.380. The number of amides is 1. The summed E-state index contributed by atoms with van der Waals surface area (Å²) in [6.07, 6.45) is 2.68. The third kappa shape index (κ3) is 3.54. The molecule has 0 atom stereocenters. The molecule has 0 spiro atoms. The van der Waals surface area contributed by atoms with Crippen molar-refractivity contribution < 1.29 is 4.79 Å². The molecule has 2 rings (SSSR count). The van der Waals surface area contributed by atoms with Gasteiger partial charge in [0.25, 0.3) is 0 Å². The highest BCUT2D eigenvalue weighted by atomic mass is 35.5. The zero-order chi connectivity index (χ0) is 12.5. The summed E-state index contributed by atoms with van der Waals surface area (Å²) in [5.41, 5.74) is 0.762. The van der Waals surface area contributed by atoms with E-state index in [1.807, 2.05) is 0 Å². The third-order valence-corrected chi connectivity index (χ3v) is 4.08. The molecule has 1 amide bonds. The quantitative estimate of drug-likeness (QED) is 0.805. The Bertz CT molecular complexity index is 426. The van der Waals surface area contributed by atoms with Crippen LogP contribution in [-0.4, -0.2) is 11.7 Å². The van der Waals surface area contributed by atoms with Crippen LogP contribution >= 0.6 is 35.8 Å². The van der Waals surface area contributed by atoms with Gasteiger partial charge in [0.1, 0.15) is 0 Å². The fraction of sp³-hybridized carbons (Fsp3) is 0.417. The molecule has 1 fully saturated rings. The maximum atomic E-state index is 11.8. The average molecular weight is 290 g/mol. The molecule has 0 aromatic heterocycles. The van der Waals surface area contributed by atoms with Crippen molar-refractivity contribution in [1.82, 2.24) is 0 Å². The molecular weight excluding hydrogens is 277 g/mol. The van der Waals surface area contributed by atoms with Crippen LogP contribution in [0.2, 0.25) is 10.0 Å². The number of halogens is 2. The minimum Gasteiger partial charge on any atom is -0.326 e. The Morgan fingerprint density at radius 2 is 1.88 bits per heavy atom. The summed E-state index contributed by atoms with van der Waals surface area (Å²) in [5.74, 6) is 0.756. The lowest BCUT2D eigenvalue weighted by molar-refractivity contribution is -0.117. The molecule has 1 saturated carbocycles. The second-order valence-corrected chi connectivity index (χ2v) is 5.73. The smallest absolute Gasteiger partial charge is 0.224 e. The predicted molar refractivity (Wildman–Crippen MR) is 75.2 cm³/mol. The summed E-state index contributed by atoms with van der Waals surface area (Å²) in [5, 5.41) is 3.85. The van der Waals surface area contributed by atoms with E-state index in [0.717, 1.165) is 18.6 Å². The molecule has 0 radical (unpaired) electrons. The maximum absolute atomic E-state index is 11.8. The van der Waals surface area contributed by atoms with Crippen LogP contribution in [0.15, 0.2) is 18.2 Å². The van der Waals surface area contributed by atoms with Crippen LogP contribution in [0.5, 0.6) is 0 Å². The zero-order valence-corrected chi connectivity index (χ0v) is 11.6. The molecule has 0 bridgehead atoms. The highest BCUT2D eigenvalue weighted by Gasteiger charge is 2.42. The van der Waals surface area contributed by atoms with E-state index in [9.17, 15) is 4.79 Å². The van der Waals surface area contributed by atoms with E-state index in [2.05, 4.69) is 17.9 Å². The van der Waals surface area contributed by atoms with Crippen molar-refractivity contribution in [2.45, 2.75) is 19.3 Å². The molecule has 0 unspecified atom stereocenters. The van der Waals surface area contributed by atoms with Gasteiger partial charge in [-0.15, -0.1) is 0 Å². The SMILES string of the molecule is O=C(CC1(CS)CC1)Nc1cc(Cl)cc(Cl)c1. The second-order valence-electron chi connectivity index (χ2n) is 4.54. The number of nitrogens with one attached hydrogen (secondary N) is 1. The lowest BCUT2D eigenvalue weighted by atomic mass is 10.1. The predicted octanol–water partition coefficient (Wildman–Crippen LogP) is 4.03. The topological polar surface area (TPSA) is 29.1 Å². The first-order valence-electron chi connectivity index (χ1n) is 5.40. The number of anilines is 1. The molecule has 0 aliphatic heterocycles. The lowest BCUT2D eigenvalue weighted by Crippen LogP contribution is -2.18. The largest absolute Gasteiger partial charge is 0.326 e. The summed E-state index contributed by atoms with van der Waals surface area (Å²) in [4.78, 5) is 11.8. The molecule has 92 valence electrons. The minimum absolute atomic E-state index is 0.00474. The molecule has 1 aliphatic rings. The van der Waals surface area contributed by atoms with Gasteiger partial charge in [-0.3, -0.25) is 4.79 Å². The van der Waals surface area contributed by atoms with Gasteiger partial charge in [-0.25, -0.2) is 0 Å². The summed E-state index contributed by atoms with van der Waals surface area (Å²) in [7, 11) is 0. The van der Waals surface area contributed by atoms with E-state index in [4.69, 9.17) is 23.2 Å². The number of hydrogen-bond donors (Lipinski definition) is 2. The number of rotatable bonds is 4. The zero-order valence-electron chi connectivity index (χ0n) is 9.17. The fourth-order valence-corrected chi connectivity index (χ4v) is 2.69. The number of carbonyl (C=O) groups is 1. The van der Waals surface area contributed by atoms with Crippen molar-refractivity contribution in [3.8, 4) is 0 Å². The van der Waals surface area contributed by atoms with Gasteiger partial charge in [0.05, 0.1) is 0 Å². The third-order valence-electron chi connectivity index (χ3n) is 2.97. The molecular formula is C12H13Cl2NOS. The number of hydrogen-bond acceptors (Lipinski definition) is 2. The van der Waals surface area contributed by atoms with E-state index in [1.165, 1.54) is 0 Å². The lowest BCUT2D eigenvalue weighted by Gasteiger charge is -2.12. The van der Waals surface area contributed by atoms with E-state index in [-0.39, 0.29) is 11.3 Å². The van der Waals surface area contributed by atoms with Crippen molar-refractivity contribution in [1.29, 1.82) is 0 Å². The van der Waals surface area contributed by atoms with Gasteiger partial charge in [0.15, 0.2) is 0 Å². The molecule has 17 heavy (non-hydrogen) atoms. The van der Waals surface area contributed by atoms with E-state index >= 15 is 0 Å². The van der Waals surface area contributed by atoms with E-state index in [0.29, 0.717) is 22.2 Å². The van der Waals surface area contributed by atoms with Gasteiger partial charge < -0.3 is 5.32 Å². The van der Waals surface area contributed by atoms with Crippen LogP contribution < -0.4 is 5.32 Å². The number of carbonyl (C=O) groups excluding carboxylic acids is 1. The maximum Gasteiger partial charge on any atom is 0.224 e. The van der Waals surface area contributed by atoms with Crippen molar-refractivity contribution in [2.24, 2.45) is 5.41 Å². The van der Waals surface area contributed by atoms with E-state index < -0.39 is 0 Å². The van der Waals surface area contributed by atoms with Gasteiger partial charge in [-0.05, 0) is 42.2 Å². The van der Waals surface area contributed by atoms with E-state index in [1.54, 1.807) is 18.2 Å². The molecule has 2 nitrogen and oxygen atoms in total. The van der Waals surface area contributed by atoms with Gasteiger partial charge in [0, 0.05) is 22.2 Å². The van der Waals surface area contributed by atoms with Gasteiger partial charge in [-0.2, -0.15) is 12.6 Å². The second kappa shape index (κ2) is 5.09. The Kier molecular flexibility index (Phi) is 3.91. The Morgan fingerprint density at radius 3 is 2.35 bits per heavy atom. The highest BCUT2D eigenvalue weighted by molar-refractivity contribution is 7.80. The molecule has 0 heterocycles. The number of benzene rings is 1. The first-order chi connectivity index (χ1) is 8.03. The standard InChI is InChI=1S/C12H13Cl2NOS/c13-8-3-9(14)5-10(4-8)15-11(16)6-12(7-17)1-2-12/h3-5,17H,1-2,6-7H2,(H,15,16). The van der Waals surface area contributed by atoms with Crippen molar-refractivity contribution in [3.63, 3.8) is 0 Å².